The molecule has 1 N–H and O–H groups in total. The van der Waals surface area contributed by atoms with Crippen LogP contribution in [0.2, 0.25) is 0 Å². The molecule has 0 amide bonds. The molecule has 1 aliphatic rings. The van der Waals surface area contributed by atoms with E-state index in [0.717, 1.165) is 15.1 Å². The second-order valence-electron chi connectivity index (χ2n) is 4.34. The third kappa shape index (κ3) is 2.29. The van der Waals surface area contributed by atoms with Crippen molar-refractivity contribution in [3.05, 3.63) is 24.2 Å². The predicted octanol–water partition coefficient (Wildman–Crippen LogP) is 0.225. The van der Waals surface area contributed by atoms with Crippen LogP contribution in [0.1, 0.15) is 11.6 Å². The molecule has 0 radical (unpaired) electrons. The van der Waals surface area contributed by atoms with E-state index in [1.54, 1.807) is 0 Å². The Morgan fingerprint density at radius 1 is 1.24 bits per heavy atom. The van der Waals surface area contributed by atoms with Gasteiger partial charge in [-0.05, 0) is 0 Å². The number of aromatic amines is 1. The Hall–Kier alpha value is -1.95. The van der Waals surface area contributed by atoms with Crippen molar-refractivity contribution in [1.29, 1.82) is 0 Å². The SMILES string of the molecule is O=S(=O)(c1cnc[nH]1)N1CCn2c(nnc2C(F)(F)F)C1. The molecule has 8 nitrogen and oxygen atoms in total. The highest BCUT2D eigenvalue weighted by atomic mass is 32.2. The highest BCUT2D eigenvalue weighted by Crippen LogP contribution is 2.30. The summed E-state index contributed by atoms with van der Waals surface area (Å²) in [5.41, 5.74) is 0. The standard InChI is InChI=1S/C9H9F3N6O2S/c10-9(11,12)8-16-15-6-4-17(1-2-18(6)8)21(19,20)7-3-13-5-14-7/h3,5H,1-2,4H2,(H,13,14). The molecule has 0 fully saturated rings. The summed E-state index contributed by atoms with van der Waals surface area (Å²) in [6.07, 6.45) is -2.27. The van der Waals surface area contributed by atoms with Gasteiger partial charge in [0, 0.05) is 13.1 Å². The van der Waals surface area contributed by atoms with Crippen LogP contribution < -0.4 is 0 Å². The molecule has 2 aromatic heterocycles. The van der Waals surface area contributed by atoms with E-state index in [4.69, 9.17) is 0 Å². The quantitative estimate of drug-likeness (QED) is 0.853. The van der Waals surface area contributed by atoms with Crippen molar-refractivity contribution in [3.63, 3.8) is 0 Å². The second-order valence-corrected chi connectivity index (χ2v) is 6.25. The molecule has 0 atom stereocenters. The molecule has 0 saturated carbocycles. The number of fused-ring (bicyclic) bond motifs is 1. The molecule has 0 aliphatic carbocycles. The van der Waals surface area contributed by atoms with Gasteiger partial charge < -0.3 is 9.55 Å². The summed E-state index contributed by atoms with van der Waals surface area (Å²) in [7, 11) is -3.83. The van der Waals surface area contributed by atoms with Crippen molar-refractivity contribution in [2.75, 3.05) is 6.54 Å². The number of sulfonamides is 1. The van der Waals surface area contributed by atoms with Crippen LogP contribution in [-0.4, -0.2) is 44.0 Å². The maximum Gasteiger partial charge on any atom is 0.451 e. The molecule has 0 aromatic carbocycles. The third-order valence-corrected chi connectivity index (χ3v) is 4.83. The summed E-state index contributed by atoms with van der Waals surface area (Å²) in [4.78, 5) is 6.09. The lowest BCUT2D eigenvalue weighted by molar-refractivity contribution is -0.147. The van der Waals surface area contributed by atoms with Crippen LogP contribution in [0, 0.1) is 0 Å². The van der Waals surface area contributed by atoms with Crippen molar-refractivity contribution in [3.8, 4) is 0 Å². The van der Waals surface area contributed by atoms with Gasteiger partial charge in [0.25, 0.3) is 10.0 Å². The number of alkyl halides is 3. The highest BCUT2D eigenvalue weighted by Gasteiger charge is 2.41. The zero-order chi connectivity index (χ0) is 15.3. The fourth-order valence-electron chi connectivity index (χ4n) is 2.07. The number of rotatable bonds is 2. The summed E-state index contributed by atoms with van der Waals surface area (Å²) in [5.74, 6) is -1.16. The van der Waals surface area contributed by atoms with E-state index in [1.807, 2.05) is 0 Å². The average molecular weight is 322 g/mol. The molecule has 114 valence electrons. The van der Waals surface area contributed by atoms with Crippen molar-refractivity contribution in [2.24, 2.45) is 0 Å². The largest absolute Gasteiger partial charge is 0.451 e. The first kappa shape index (κ1) is 14.0. The summed E-state index contributed by atoms with van der Waals surface area (Å²) in [6.45, 7) is -0.537. The summed E-state index contributed by atoms with van der Waals surface area (Å²) in [5, 5.41) is 6.40. The Morgan fingerprint density at radius 3 is 2.62 bits per heavy atom. The number of nitrogens with zero attached hydrogens (tertiary/aromatic N) is 5. The Morgan fingerprint density at radius 2 is 2.00 bits per heavy atom. The topological polar surface area (TPSA) is 96.8 Å². The van der Waals surface area contributed by atoms with E-state index in [-0.39, 0.29) is 30.5 Å². The lowest BCUT2D eigenvalue weighted by Gasteiger charge is -2.26. The smallest absolute Gasteiger partial charge is 0.335 e. The Kier molecular flexibility index (Phi) is 3.02. The van der Waals surface area contributed by atoms with Crippen molar-refractivity contribution >= 4 is 10.0 Å². The number of halogens is 3. The zero-order valence-corrected chi connectivity index (χ0v) is 11.2. The minimum Gasteiger partial charge on any atom is -0.335 e. The third-order valence-electron chi connectivity index (χ3n) is 3.06. The molecular formula is C9H9F3N6O2S. The van der Waals surface area contributed by atoms with Gasteiger partial charge in [0.05, 0.1) is 19.1 Å². The van der Waals surface area contributed by atoms with Gasteiger partial charge in [-0.3, -0.25) is 0 Å². The summed E-state index contributed by atoms with van der Waals surface area (Å²) in [6, 6.07) is 0. The molecule has 3 rings (SSSR count). The second kappa shape index (κ2) is 4.53. The lowest BCUT2D eigenvalue weighted by Crippen LogP contribution is -2.39. The maximum atomic E-state index is 12.7. The van der Waals surface area contributed by atoms with E-state index in [2.05, 4.69) is 20.2 Å². The molecule has 21 heavy (non-hydrogen) atoms. The van der Waals surface area contributed by atoms with Gasteiger partial charge in [-0.1, -0.05) is 0 Å². The van der Waals surface area contributed by atoms with Crippen LogP contribution in [0.25, 0.3) is 0 Å². The number of H-pyrrole nitrogens is 1. The molecular weight excluding hydrogens is 313 g/mol. The first-order valence-corrected chi connectivity index (χ1v) is 7.22. The highest BCUT2D eigenvalue weighted by molar-refractivity contribution is 7.89. The van der Waals surface area contributed by atoms with Crippen molar-refractivity contribution < 1.29 is 21.6 Å². The minimum atomic E-state index is -4.62. The van der Waals surface area contributed by atoms with Crippen LogP contribution >= 0.6 is 0 Å². The van der Waals surface area contributed by atoms with Crippen LogP contribution in [0.15, 0.2) is 17.6 Å². The normalized spacial score (nSPS) is 16.9. The van der Waals surface area contributed by atoms with Crippen molar-refractivity contribution in [2.45, 2.75) is 24.3 Å². The van der Waals surface area contributed by atoms with Gasteiger partial charge in [-0.2, -0.15) is 17.5 Å². The zero-order valence-electron chi connectivity index (χ0n) is 10.4. The number of hydrogen-bond acceptors (Lipinski definition) is 5. The van der Waals surface area contributed by atoms with Crippen LogP contribution in [0.3, 0.4) is 0 Å². The number of nitrogens with one attached hydrogen (secondary N) is 1. The first-order valence-electron chi connectivity index (χ1n) is 5.78. The van der Waals surface area contributed by atoms with E-state index < -0.39 is 22.0 Å². The van der Waals surface area contributed by atoms with Gasteiger partial charge in [0.2, 0.25) is 5.82 Å². The van der Waals surface area contributed by atoms with Crippen molar-refractivity contribution in [1.82, 2.24) is 29.0 Å². The van der Waals surface area contributed by atoms with Gasteiger partial charge in [-0.15, -0.1) is 10.2 Å². The van der Waals surface area contributed by atoms with E-state index in [9.17, 15) is 21.6 Å². The minimum absolute atomic E-state index is 0.0448. The van der Waals surface area contributed by atoms with Crippen LogP contribution in [0.5, 0.6) is 0 Å². The summed E-state index contributed by atoms with van der Waals surface area (Å²) < 4.78 is 64.5. The Bertz CT molecular complexity index is 751. The predicted molar refractivity (Wildman–Crippen MR) is 61.2 cm³/mol. The van der Waals surface area contributed by atoms with E-state index >= 15 is 0 Å². The number of aromatic nitrogens is 5. The van der Waals surface area contributed by atoms with Gasteiger partial charge in [0.1, 0.15) is 5.82 Å². The Labute approximate surface area is 116 Å². The molecule has 1 aliphatic heterocycles. The summed E-state index contributed by atoms with van der Waals surface area (Å²) >= 11 is 0. The lowest BCUT2D eigenvalue weighted by atomic mass is 10.4. The molecule has 12 heteroatoms. The fourth-order valence-corrected chi connectivity index (χ4v) is 3.36. The maximum absolute atomic E-state index is 12.7. The van der Waals surface area contributed by atoms with Gasteiger partial charge in [-0.25, -0.2) is 13.4 Å². The fraction of sp³-hybridized carbons (Fsp3) is 0.444. The molecule has 3 heterocycles. The van der Waals surface area contributed by atoms with Crippen LogP contribution in [0.4, 0.5) is 13.2 Å². The number of hydrogen-bond donors (Lipinski definition) is 1. The first-order chi connectivity index (χ1) is 9.80. The van der Waals surface area contributed by atoms with Gasteiger partial charge >= 0.3 is 6.18 Å². The van der Waals surface area contributed by atoms with Crippen LogP contribution in [-0.2, 0) is 29.3 Å². The molecule has 0 bridgehead atoms. The van der Waals surface area contributed by atoms with E-state index in [0.29, 0.717) is 0 Å². The number of imidazole rings is 1. The van der Waals surface area contributed by atoms with E-state index in [1.165, 1.54) is 6.33 Å². The molecule has 2 aromatic rings. The van der Waals surface area contributed by atoms with Gasteiger partial charge in [0.15, 0.2) is 5.03 Å². The average Bonchev–Trinajstić information content (AvgIpc) is 3.06. The molecule has 0 unspecified atom stereocenters. The Balaban J connectivity index is 1.91. The molecule has 0 saturated heterocycles. The molecule has 0 spiro atoms. The monoisotopic (exact) mass is 322 g/mol.